The number of anilines is 1. The number of carbonyl (C=O) groups excluding carboxylic acids is 2. The van der Waals surface area contributed by atoms with Gasteiger partial charge in [0, 0.05) is 17.8 Å². The molecule has 2 amide bonds. The lowest BCUT2D eigenvalue weighted by Gasteiger charge is -2.20. The first-order valence-corrected chi connectivity index (χ1v) is 9.05. The molecule has 0 aromatic heterocycles. The van der Waals surface area contributed by atoms with Crippen molar-refractivity contribution >= 4 is 29.1 Å². The van der Waals surface area contributed by atoms with Gasteiger partial charge in [0.15, 0.2) is 0 Å². The van der Waals surface area contributed by atoms with Gasteiger partial charge in [0.2, 0.25) is 5.91 Å². The zero-order chi connectivity index (χ0) is 18.7. The molecule has 1 fully saturated rings. The first-order valence-electron chi connectivity index (χ1n) is 8.67. The molecule has 0 spiro atoms. The average Bonchev–Trinajstić information content (AvgIpc) is 3.46. The second-order valence-corrected chi connectivity index (χ2v) is 7.06. The van der Waals surface area contributed by atoms with E-state index in [1.165, 1.54) is 0 Å². The van der Waals surface area contributed by atoms with E-state index in [0.717, 1.165) is 18.4 Å². The van der Waals surface area contributed by atoms with Gasteiger partial charge in [-0.25, -0.2) is 0 Å². The summed E-state index contributed by atoms with van der Waals surface area (Å²) >= 11 is 6.13. The van der Waals surface area contributed by atoms with E-state index in [9.17, 15) is 9.59 Å². The summed E-state index contributed by atoms with van der Waals surface area (Å²) in [6.45, 7) is 1.78. The number of amides is 2. The number of nitrogens with one attached hydrogen (secondary N) is 2. The molecule has 1 aliphatic rings. The highest BCUT2D eigenvalue weighted by Crippen LogP contribution is 2.25. The first-order chi connectivity index (χ1) is 12.5. The van der Waals surface area contributed by atoms with Crippen LogP contribution in [0, 0.1) is 5.92 Å². The summed E-state index contributed by atoms with van der Waals surface area (Å²) in [6.07, 6.45) is 1.99. The fourth-order valence-corrected chi connectivity index (χ4v) is 2.85. The first kappa shape index (κ1) is 18.4. The van der Waals surface area contributed by atoms with Crippen LogP contribution in [0.25, 0.3) is 0 Å². The molecule has 1 aliphatic carbocycles. The Kier molecular flexibility index (Phi) is 5.59. The van der Waals surface area contributed by atoms with Crippen LogP contribution in [0.15, 0.2) is 48.5 Å². The molecule has 2 aromatic rings. The maximum absolute atomic E-state index is 12.6. The van der Waals surface area contributed by atoms with Crippen molar-refractivity contribution in [1.82, 2.24) is 5.32 Å². The van der Waals surface area contributed by atoms with Crippen LogP contribution in [0.1, 0.15) is 41.7 Å². The maximum Gasteiger partial charge on any atom is 0.253 e. The Hall–Kier alpha value is -2.37. The number of benzene rings is 2. The Morgan fingerprint density at radius 1 is 1.15 bits per heavy atom. The predicted molar refractivity (Wildman–Crippen MR) is 103 cm³/mol. The molecule has 2 atom stereocenters. The molecule has 3 rings (SSSR count). The average molecular weight is 372 g/mol. The zero-order valence-electron chi connectivity index (χ0n) is 14.5. The monoisotopic (exact) mass is 371 g/mol. The minimum absolute atomic E-state index is 0.211. The van der Waals surface area contributed by atoms with Gasteiger partial charge < -0.3 is 16.4 Å². The van der Waals surface area contributed by atoms with E-state index in [2.05, 4.69) is 10.6 Å². The van der Waals surface area contributed by atoms with E-state index in [1.807, 2.05) is 30.3 Å². The van der Waals surface area contributed by atoms with Gasteiger partial charge in [-0.15, -0.1) is 0 Å². The zero-order valence-corrected chi connectivity index (χ0v) is 15.3. The van der Waals surface area contributed by atoms with E-state index < -0.39 is 12.0 Å². The largest absolute Gasteiger partial charge is 0.349 e. The third-order valence-corrected chi connectivity index (χ3v) is 4.86. The summed E-state index contributed by atoms with van der Waals surface area (Å²) in [5.41, 5.74) is 7.99. The van der Waals surface area contributed by atoms with Gasteiger partial charge >= 0.3 is 0 Å². The van der Waals surface area contributed by atoms with E-state index >= 15 is 0 Å². The summed E-state index contributed by atoms with van der Waals surface area (Å²) < 4.78 is 0. The topological polar surface area (TPSA) is 84.2 Å². The van der Waals surface area contributed by atoms with Crippen LogP contribution in [0.3, 0.4) is 0 Å². The molecule has 26 heavy (non-hydrogen) atoms. The Morgan fingerprint density at radius 3 is 2.50 bits per heavy atom. The van der Waals surface area contributed by atoms with E-state index in [1.54, 1.807) is 25.1 Å². The lowest BCUT2D eigenvalue weighted by Crippen LogP contribution is -2.30. The molecule has 1 saturated carbocycles. The van der Waals surface area contributed by atoms with E-state index in [-0.39, 0.29) is 17.9 Å². The van der Waals surface area contributed by atoms with Gasteiger partial charge in [0.25, 0.3) is 5.91 Å². The number of halogens is 1. The fourth-order valence-electron chi connectivity index (χ4n) is 2.65. The number of nitrogens with two attached hydrogens (primary N) is 1. The Morgan fingerprint density at radius 2 is 1.85 bits per heavy atom. The van der Waals surface area contributed by atoms with Crippen LogP contribution in [0.2, 0.25) is 5.02 Å². The molecule has 2 unspecified atom stereocenters. The van der Waals surface area contributed by atoms with Gasteiger partial charge in [0.1, 0.15) is 0 Å². The predicted octanol–water partition coefficient (Wildman–Crippen LogP) is 3.51. The Bertz CT molecular complexity index is 806. The third-order valence-electron chi connectivity index (χ3n) is 4.53. The summed E-state index contributed by atoms with van der Waals surface area (Å²) in [5, 5.41) is 6.08. The molecule has 0 saturated heterocycles. The molecule has 4 N–H and O–H groups in total. The quantitative estimate of drug-likeness (QED) is 0.726. The molecule has 0 bridgehead atoms. The second kappa shape index (κ2) is 7.89. The summed E-state index contributed by atoms with van der Waals surface area (Å²) in [7, 11) is 0. The van der Waals surface area contributed by atoms with Crippen molar-refractivity contribution < 1.29 is 9.59 Å². The second-order valence-electron chi connectivity index (χ2n) is 6.66. The van der Waals surface area contributed by atoms with Crippen LogP contribution in [-0.2, 0) is 4.79 Å². The van der Waals surface area contributed by atoms with Crippen molar-refractivity contribution in [2.24, 2.45) is 11.7 Å². The number of hydrogen-bond acceptors (Lipinski definition) is 3. The van der Waals surface area contributed by atoms with Gasteiger partial charge in [-0.3, -0.25) is 9.59 Å². The maximum atomic E-state index is 12.6. The van der Waals surface area contributed by atoms with Crippen molar-refractivity contribution in [3.05, 3.63) is 64.7 Å². The van der Waals surface area contributed by atoms with Crippen molar-refractivity contribution in [1.29, 1.82) is 0 Å². The smallest absolute Gasteiger partial charge is 0.253 e. The molecule has 136 valence electrons. The van der Waals surface area contributed by atoms with Crippen molar-refractivity contribution in [3.8, 4) is 0 Å². The van der Waals surface area contributed by atoms with Gasteiger partial charge in [-0.1, -0.05) is 48.9 Å². The molecule has 0 radical (unpaired) electrons. The summed E-state index contributed by atoms with van der Waals surface area (Å²) in [4.78, 5) is 24.8. The van der Waals surface area contributed by atoms with Crippen LogP contribution in [-0.4, -0.2) is 17.9 Å². The Labute approximate surface area is 157 Å². The SMILES string of the molecule is CC(C(=O)Nc1ccc(Cl)c(C(=O)NC2CC2)c1)C(N)c1ccccc1. The molecular formula is C20H22ClN3O2. The number of hydrogen-bond donors (Lipinski definition) is 3. The highest BCUT2D eigenvalue weighted by Gasteiger charge is 2.25. The van der Waals surface area contributed by atoms with E-state index in [0.29, 0.717) is 16.3 Å². The molecule has 2 aromatic carbocycles. The molecule has 0 heterocycles. The van der Waals surface area contributed by atoms with Gasteiger partial charge in [-0.05, 0) is 36.6 Å². The van der Waals surface area contributed by atoms with Crippen molar-refractivity contribution in [3.63, 3.8) is 0 Å². The van der Waals surface area contributed by atoms with Gasteiger partial charge in [-0.2, -0.15) is 0 Å². The van der Waals surface area contributed by atoms with Gasteiger partial charge in [0.05, 0.1) is 16.5 Å². The molecular weight excluding hydrogens is 350 g/mol. The van der Waals surface area contributed by atoms with E-state index in [4.69, 9.17) is 17.3 Å². The van der Waals surface area contributed by atoms with Crippen molar-refractivity contribution in [2.75, 3.05) is 5.32 Å². The Balaban J connectivity index is 1.69. The van der Waals surface area contributed by atoms with Crippen LogP contribution >= 0.6 is 11.6 Å². The molecule has 6 heteroatoms. The standard InChI is InChI=1S/C20H22ClN3O2/c1-12(18(22)13-5-3-2-4-6-13)19(25)24-15-9-10-17(21)16(11-15)20(26)23-14-7-8-14/h2-6,9-12,14,18H,7-8,22H2,1H3,(H,23,26)(H,24,25). The fraction of sp³-hybridized carbons (Fsp3) is 0.300. The highest BCUT2D eigenvalue weighted by atomic mass is 35.5. The normalized spacial score (nSPS) is 15.8. The minimum Gasteiger partial charge on any atom is -0.349 e. The molecule has 5 nitrogen and oxygen atoms in total. The molecule has 0 aliphatic heterocycles. The third kappa shape index (κ3) is 4.42. The summed E-state index contributed by atoms with van der Waals surface area (Å²) in [6, 6.07) is 14.2. The highest BCUT2D eigenvalue weighted by molar-refractivity contribution is 6.34. The summed E-state index contributed by atoms with van der Waals surface area (Å²) in [5.74, 6) is -0.864. The van der Waals surface area contributed by atoms with Crippen LogP contribution in [0.5, 0.6) is 0 Å². The lowest BCUT2D eigenvalue weighted by atomic mass is 9.94. The number of rotatable bonds is 6. The minimum atomic E-state index is -0.434. The van der Waals surface area contributed by atoms with Crippen LogP contribution in [0.4, 0.5) is 5.69 Å². The van der Waals surface area contributed by atoms with Crippen molar-refractivity contribution in [2.45, 2.75) is 31.8 Å². The van der Waals surface area contributed by atoms with Crippen LogP contribution < -0.4 is 16.4 Å². The lowest BCUT2D eigenvalue weighted by molar-refractivity contribution is -0.120. The number of carbonyl (C=O) groups is 2.